The summed E-state index contributed by atoms with van der Waals surface area (Å²) in [4.78, 5) is 27.6. The van der Waals surface area contributed by atoms with Crippen LogP contribution in [-0.2, 0) is 17.4 Å². The molecule has 0 saturated heterocycles. The van der Waals surface area contributed by atoms with Gasteiger partial charge in [-0.3, -0.25) is 4.79 Å². The Morgan fingerprint density at radius 2 is 2.03 bits per heavy atom. The molecule has 2 saturated carbocycles. The largest absolute Gasteiger partial charge is 0.324 e. The van der Waals surface area contributed by atoms with Crippen molar-refractivity contribution >= 4 is 34.0 Å². The Hall–Kier alpha value is -3.04. The van der Waals surface area contributed by atoms with Gasteiger partial charge in [-0.05, 0) is 48.9 Å². The van der Waals surface area contributed by atoms with Gasteiger partial charge in [0, 0.05) is 41.2 Å². The van der Waals surface area contributed by atoms with Crippen LogP contribution in [0, 0.1) is 0 Å². The topological polar surface area (TPSA) is 89.7 Å². The fourth-order valence-electron chi connectivity index (χ4n) is 5.23. The maximum Gasteiger partial charge on any atom is 0.278 e. The van der Waals surface area contributed by atoms with Gasteiger partial charge < -0.3 is 10.6 Å². The molecule has 35 heavy (non-hydrogen) atoms. The number of anilines is 2. The first kappa shape index (κ1) is 21.3. The first-order valence-electron chi connectivity index (χ1n) is 12.4. The van der Waals surface area contributed by atoms with E-state index >= 15 is 0 Å². The first-order valence-corrected chi connectivity index (χ1v) is 13.3. The maximum absolute atomic E-state index is 13.3. The van der Waals surface area contributed by atoms with E-state index in [0.717, 1.165) is 42.4 Å². The van der Waals surface area contributed by atoms with Crippen LogP contribution in [0.4, 0.5) is 11.6 Å². The number of aromatic nitrogens is 5. The number of rotatable bonds is 4. The molecule has 180 valence electrons. The molecule has 4 heterocycles. The molecule has 3 aliphatic rings. The molecule has 0 unspecified atom stereocenters. The summed E-state index contributed by atoms with van der Waals surface area (Å²) in [6.45, 7) is 8.42. The molecule has 2 fully saturated rings. The number of benzene rings is 1. The van der Waals surface area contributed by atoms with Gasteiger partial charge in [0.25, 0.3) is 5.56 Å². The van der Waals surface area contributed by atoms with Crippen LogP contribution in [0.25, 0.3) is 16.9 Å². The SMILES string of the molecule is CC(C)(C)c1nc(-n2c3nc(Nc4ccc5c(c4)CNCC54CC4)ncc3c(=O)n2C2CC2)cs1. The van der Waals surface area contributed by atoms with Gasteiger partial charge in [-0.15, -0.1) is 11.3 Å². The van der Waals surface area contributed by atoms with Crippen LogP contribution in [0.5, 0.6) is 0 Å². The standard InChI is InChI=1S/C26H29N7OS/c1-25(2,3)23-30-20(13-35-23)33-21-18(22(34)32(33)17-5-6-17)12-28-24(31-21)29-16-4-7-19-15(10-16)11-27-14-26(19)8-9-26/h4,7,10,12-13,17,27H,5-6,8-9,11,14H2,1-3H3,(H,28,29,31). The smallest absolute Gasteiger partial charge is 0.278 e. The fraction of sp³-hybridized carbons (Fsp3) is 0.462. The minimum Gasteiger partial charge on any atom is -0.324 e. The lowest BCUT2D eigenvalue weighted by Crippen LogP contribution is -2.33. The molecular formula is C26H29N7OS. The third-order valence-corrected chi connectivity index (χ3v) is 8.69. The Labute approximate surface area is 207 Å². The van der Waals surface area contributed by atoms with Crippen molar-refractivity contribution in [3.63, 3.8) is 0 Å². The van der Waals surface area contributed by atoms with Gasteiger partial charge in [-0.25, -0.2) is 19.3 Å². The Bertz CT molecular complexity index is 1530. The molecule has 1 aromatic carbocycles. The zero-order valence-electron chi connectivity index (χ0n) is 20.3. The number of fused-ring (bicyclic) bond motifs is 3. The molecule has 9 heteroatoms. The van der Waals surface area contributed by atoms with E-state index < -0.39 is 0 Å². The van der Waals surface area contributed by atoms with Gasteiger partial charge in [-0.2, -0.15) is 4.98 Å². The predicted molar refractivity (Wildman–Crippen MR) is 138 cm³/mol. The fourth-order valence-corrected chi connectivity index (χ4v) is 6.10. The maximum atomic E-state index is 13.3. The minimum absolute atomic E-state index is 0.0473. The molecule has 8 nitrogen and oxygen atoms in total. The van der Waals surface area contributed by atoms with Crippen molar-refractivity contribution < 1.29 is 0 Å². The number of hydrogen-bond acceptors (Lipinski definition) is 7. The summed E-state index contributed by atoms with van der Waals surface area (Å²) < 4.78 is 3.73. The summed E-state index contributed by atoms with van der Waals surface area (Å²) in [5.41, 5.74) is 4.62. The van der Waals surface area contributed by atoms with Crippen LogP contribution in [0.3, 0.4) is 0 Å². The van der Waals surface area contributed by atoms with E-state index in [2.05, 4.69) is 54.6 Å². The van der Waals surface area contributed by atoms with Crippen LogP contribution in [0.15, 0.2) is 34.6 Å². The highest BCUT2D eigenvalue weighted by Gasteiger charge is 2.46. The highest BCUT2D eigenvalue weighted by molar-refractivity contribution is 7.10. The van der Waals surface area contributed by atoms with Gasteiger partial charge in [-0.1, -0.05) is 26.8 Å². The molecule has 1 spiro atoms. The third-order valence-electron chi connectivity index (χ3n) is 7.43. The highest BCUT2D eigenvalue weighted by atomic mass is 32.1. The normalized spacial score (nSPS) is 18.7. The molecule has 2 aliphatic carbocycles. The van der Waals surface area contributed by atoms with Crippen LogP contribution in [0.1, 0.15) is 68.6 Å². The van der Waals surface area contributed by atoms with E-state index in [-0.39, 0.29) is 17.0 Å². The summed E-state index contributed by atoms with van der Waals surface area (Å²) in [6, 6.07) is 6.77. The lowest BCUT2D eigenvalue weighted by molar-refractivity contribution is 0.531. The Morgan fingerprint density at radius 1 is 1.20 bits per heavy atom. The van der Waals surface area contributed by atoms with Crippen molar-refractivity contribution in [2.24, 2.45) is 0 Å². The molecule has 4 aromatic rings. The molecule has 3 aromatic heterocycles. The quantitative estimate of drug-likeness (QED) is 0.439. The molecule has 0 bridgehead atoms. The van der Waals surface area contributed by atoms with E-state index in [9.17, 15) is 4.79 Å². The number of thiazole rings is 1. The van der Waals surface area contributed by atoms with Crippen molar-refractivity contribution in [1.82, 2.24) is 29.6 Å². The van der Waals surface area contributed by atoms with E-state index in [4.69, 9.17) is 9.97 Å². The van der Waals surface area contributed by atoms with Crippen molar-refractivity contribution in [3.8, 4) is 5.82 Å². The summed E-state index contributed by atoms with van der Waals surface area (Å²) in [5.74, 6) is 1.23. The minimum atomic E-state index is -0.0569. The molecule has 0 amide bonds. The molecule has 2 N–H and O–H groups in total. The van der Waals surface area contributed by atoms with E-state index in [1.165, 1.54) is 24.0 Å². The van der Waals surface area contributed by atoms with Crippen LogP contribution in [0.2, 0.25) is 0 Å². The number of nitrogens with zero attached hydrogens (tertiary/aromatic N) is 5. The lowest BCUT2D eigenvalue weighted by atomic mass is 9.88. The Morgan fingerprint density at radius 3 is 2.74 bits per heavy atom. The summed E-state index contributed by atoms with van der Waals surface area (Å²) in [6.07, 6.45) is 6.18. The van der Waals surface area contributed by atoms with Gasteiger partial charge in [0.2, 0.25) is 5.95 Å². The average molecular weight is 488 g/mol. The van der Waals surface area contributed by atoms with Gasteiger partial charge in [0.05, 0.1) is 6.04 Å². The second-order valence-electron chi connectivity index (χ2n) is 11.3. The molecule has 1 aliphatic heterocycles. The molecule has 7 rings (SSSR count). The summed E-state index contributed by atoms with van der Waals surface area (Å²) in [5, 5.41) is 10.5. The van der Waals surface area contributed by atoms with Crippen molar-refractivity contribution in [1.29, 1.82) is 0 Å². The second kappa shape index (κ2) is 7.24. The van der Waals surface area contributed by atoms with Crippen LogP contribution >= 0.6 is 11.3 Å². The van der Waals surface area contributed by atoms with Crippen molar-refractivity contribution in [3.05, 3.63) is 56.3 Å². The zero-order valence-corrected chi connectivity index (χ0v) is 21.1. The molecule has 0 atom stereocenters. The Balaban J connectivity index is 1.30. The van der Waals surface area contributed by atoms with E-state index in [1.807, 2.05) is 14.7 Å². The van der Waals surface area contributed by atoms with Crippen LogP contribution < -0.4 is 16.2 Å². The van der Waals surface area contributed by atoms with Crippen LogP contribution in [-0.4, -0.2) is 30.9 Å². The molecular weight excluding hydrogens is 458 g/mol. The van der Waals surface area contributed by atoms with Crippen molar-refractivity contribution in [2.45, 2.75) is 69.9 Å². The third kappa shape index (κ3) is 3.43. The number of nitrogens with one attached hydrogen (secondary N) is 2. The van der Waals surface area contributed by atoms with Crippen molar-refractivity contribution in [2.75, 3.05) is 11.9 Å². The predicted octanol–water partition coefficient (Wildman–Crippen LogP) is 4.55. The van der Waals surface area contributed by atoms with Gasteiger partial charge >= 0.3 is 0 Å². The van der Waals surface area contributed by atoms with E-state index in [0.29, 0.717) is 22.4 Å². The average Bonchev–Trinajstić information content (AvgIpc) is 3.73. The first-order chi connectivity index (χ1) is 16.8. The highest BCUT2D eigenvalue weighted by Crippen LogP contribution is 2.50. The monoisotopic (exact) mass is 487 g/mol. The zero-order chi connectivity index (χ0) is 23.9. The van der Waals surface area contributed by atoms with Gasteiger partial charge in [0.1, 0.15) is 10.4 Å². The summed E-state index contributed by atoms with van der Waals surface area (Å²) in [7, 11) is 0. The lowest BCUT2D eigenvalue weighted by Gasteiger charge is -2.26. The summed E-state index contributed by atoms with van der Waals surface area (Å²) >= 11 is 1.62. The van der Waals surface area contributed by atoms with E-state index in [1.54, 1.807) is 17.5 Å². The van der Waals surface area contributed by atoms with Gasteiger partial charge in [0.15, 0.2) is 11.5 Å². The second-order valence-corrected chi connectivity index (χ2v) is 12.1. The Kier molecular flexibility index (Phi) is 4.40. The number of hydrogen-bond donors (Lipinski definition) is 2. The molecule has 0 radical (unpaired) electrons.